The Kier molecular flexibility index (Phi) is 5.79. The first-order chi connectivity index (χ1) is 13.5. The van der Waals surface area contributed by atoms with Gasteiger partial charge in [-0.2, -0.15) is 0 Å². The number of halogens is 1. The van der Waals surface area contributed by atoms with Crippen molar-refractivity contribution < 1.29 is 28.5 Å². The average Bonchev–Trinajstić information content (AvgIpc) is 2.67. The van der Waals surface area contributed by atoms with Gasteiger partial charge in [-0.05, 0) is 53.1 Å². The molecule has 0 aliphatic rings. The summed E-state index contributed by atoms with van der Waals surface area (Å²) >= 11 is 0. The number of rotatable bonds is 7. The van der Waals surface area contributed by atoms with Crippen LogP contribution in [0.4, 0.5) is 4.39 Å². The van der Waals surface area contributed by atoms with E-state index in [0.29, 0.717) is 28.4 Å². The minimum atomic E-state index is -0.942. The molecule has 1 N–H and O–H groups in total. The summed E-state index contributed by atoms with van der Waals surface area (Å²) in [6.07, 6.45) is -0.140. The fourth-order valence-corrected chi connectivity index (χ4v) is 2.81. The predicted molar refractivity (Wildman–Crippen MR) is 103 cm³/mol. The highest BCUT2D eigenvalue weighted by molar-refractivity contribution is 5.71. The molecule has 3 aromatic carbocycles. The lowest BCUT2D eigenvalue weighted by molar-refractivity contribution is -0.136. The standard InChI is InChI=1S/C22H19FO5/c1-26-18-8-14(10-22(24)25)9-19(13-18)28-17-5-3-4-15(11-17)16-6-7-21(27-2)20(23)12-16/h3-9,11-13H,10H2,1-2H3,(H,24,25). The van der Waals surface area contributed by atoms with Crippen molar-refractivity contribution in [2.24, 2.45) is 0 Å². The lowest BCUT2D eigenvalue weighted by Crippen LogP contribution is -2.00. The molecule has 0 radical (unpaired) electrons. The molecule has 0 aliphatic heterocycles. The molecule has 0 saturated heterocycles. The lowest BCUT2D eigenvalue weighted by Gasteiger charge is -2.11. The summed E-state index contributed by atoms with van der Waals surface area (Å²) in [6.45, 7) is 0. The van der Waals surface area contributed by atoms with Crippen molar-refractivity contribution in [2.45, 2.75) is 6.42 Å². The summed E-state index contributed by atoms with van der Waals surface area (Å²) in [4.78, 5) is 11.0. The molecule has 0 heterocycles. The number of carboxylic acid groups (broad SMARTS) is 1. The summed E-state index contributed by atoms with van der Waals surface area (Å²) in [7, 11) is 2.92. The third kappa shape index (κ3) is 4.59. The minimum absolute atomic E-state index is 0.140. The van der Waals surface area contributed by atoms with E-state index >= 15 is 0 Å². The zero-order valence-corrected chi connectivity index (χ0v) is 15.4. The number of methoxy groups -OCH3 is 2. The number of aliphatic carboxylic acids is 1. The molecule has 5 nitrogen and oxygen atoms in total. The number of carboxylic acids is 1. The van der Waals surface area contributed by atoms with Crippen molar-refractivity contribution >= 4 is 5.97 Å². The van der Waals surface area contributed by atoms with Gasteiger partial charge in [-0.15, -0.1) is 0 Å². The van der Waals surface area contributed by atoms with E-state index in [-0.39, 0.29) is 12.2 Å². The molecule has 0 spiro atoms. The summed E-state index contributed by atoms with van der Waals surface area (Å²) in [5.74, 6) is 0.276. The van der Waals surface area contributed by atoms with Gasteiger partial charge in [-0.1, -0.05) is 18.2 Å². The van der Waals surface area contributed by atoms with Crippen LogP contribution in [-0.4, -0.2) is 25.3 Å². The monoisotopic (exact) mass is 382 g/mol. The topological polar surface area (TPSA) is 65.0 Å². The Balaban J connectivity index is 1.89. The van der Waals surface area contributed by atoms with Crippen molar-refractivity contribution in [2.75, 3.05) is 14.2 Å². The first-order valence-electron chi connectivity index (χ1n) is 8.50. The average molecular weight is 382 g/mol. The minimum Gasteiger partial charge on any atom is -0.497 e. The van der Waals surface area contributed by atoms with Gasteiger partial charge in [-0.25, -0.2) is 4.39 Å². The molecule has 0 atom stereocenters. The Morgan fingerprint density at radius 1 is 0.893 bits per heavy atom. The molecule has 6 heteroatoms. The van der Waals surface area contributed by atoms with Gasteiger partial charge in [-0.3, -0.25) is 4.79 Å². The van der Waals surface area contributed by atoms with Gasteiger partial charge in [0, 0.05) is 6.07 Å². The van der Waals surface area contributed by atoms with E-state index in [0.717, 1.165) is 5.56 Å². The molecule has 0 saturated carbocycles. The van der Waals surface area contributed by atoms with Crippen LogP contribution in [0, 0.1) is 5.82 Å². The highest BCUT2D eigenvalue weighted by Crippen LogP contribution is 2.31. The highest BCUT2D eigenvalue weighted by Gasteiger charge is 2.09. The zero-order chi connectivity index (χ0) is 20.1. The zero-order valence-electron chi connectivity index (χ0n) is 15.4. The summed E-state index contributed by atoms with van der Waals surface area (Å²) in [5.41, 5.74) is 2.02. The second-order valence-electron chi connectivity index (χ2n) is 6.07. The molecule has 0 fully saturated rings. The first-order valence-corrected chi connectivity index (χ1v) is 8.50. The van der Waals surface area contributed by atoms with Gasteiger partial charge >= 0.3 is 5.97 Å². The SMILES string of the molecule is COc1cc(CC(=O)O)cc(Oc2cccc(-c3ccc(OC)c(F)c3)c2)c1. The van der Waals surface area contributed by atoms with Crippen LogP contribution in [0.5, 0.6) is 23.0 Å². The summed E-state index contributed by atoms with van der Waals surface area (Å²) in [6, 6.07) is 16.9. The molecule has 28 heavy (non-hydrogen) atoms. The maximum absolute atomic E-state index is 14.0. The van der Waals surface area contributed by atoms with E-state index in [4.69, 9.17) is 19.3 Å². The Hall–Kier alpha value is -3.54. The predicted octanol–water partition coefficient (Wildman–Crippen LogP) is 4.93. The van der Waals surface area contributed by atoms with Gasteiger partial charge in [0.2, 0.25) is 0 Å². The molecular weight excluding hydrogens is 363 g/mol. The van der Waals surface area contributed by atoms with Gasteiger partial charge < -0.3 is 19.3 Å². The Bertz CT molecular complexity index is 1000. The quantitative estimate of drug-likeness (QED) is 0.628. The van der Waals surface area contributed by atoms with Crippen molar-refractivity contribution in [3.63, 3.8) is 0 Å². The van der Waals surface area contributed by atoms with Crippen LogP contribution in [-0.2, 0) is 11.2 Å². The molecule has 3 aromatic rings. The van der Waals surface area contributed by atoms with Crippen molar-refractivity contribution in [1.82, 2.24) is 0 Å². The maximum atomic E-state index is 14.0. The number of ether oxygens (including phenoxy) is 3. The largest absolute Gasteiger partial charge is 0.497 e. The third-order valence-corrected chi connectivity index (χ3v) is 4.09. The Morgan fingerprint density at radius 2 is 1.64 bits per heavy atom. The van der Waals surface area contributed by atoms with Gasteiger partial charge in [0.15, 0.2) is 11.6 Å². The number of hydrogen-bond donors (Lipinski definition) is 1. The smallest absolute Gasteiger partial charge is 0.307 e. The van der Waals surface area contributed by atoms with Crippen LogP contribution < -0.4 is 14.2 Å². The van der Waals surface area contributed by atoms with E-state index in [1.807, 2.05) is 6.07 Å². The van der Waals surface area contributed by atoms with Gasteiger partial charge in [0.05, 0.1) is 20.6 Å². The first kappa shape index (κ1) is 19.2. The molecule has 0 bridgehead atoms. The van der Waals surface area contributed by atoms with Gasteiger partial charge in [0.25, 0.3) is 0 Å². The van der Waals surface area contributed by atoms with Crippen molar-refractivity contribution in [3.05, 3.63) is 72.0 Å². The van der Waals surface area contributed by atoms with Crippen molar-refractivity contribution in [1.29, 1.82) is 0 Å². The third-order valence-electron chi connectivity index (χ3n) is 4.09. The second kappa shape index (κ2) is 8.43. The number of carbonyl (C=O) groups is 1. The van der Waals surface area contributed by atoms with E-state index in [9.17, 15) is 9.18 Å². The molecule has 0 amide bonds. The molecule has 144 valence electrons. The summed E-state index contributed by atoms with van der Waals surface area (Å²) < 4.78 is 30.0. The molecule has 0 aliphatic carbocycles. The van der Waals surface area contributed by atoms with Crippen LogP contribution in [0.1, 0.15) is 5.56 Å². The lowest BCUT2D eigenvalue weighted by atomic mass is 10.1. The normalized spacial score (nSPS) is 10.4. The van der Waals surface area contributed by atoms with E-state index in [1.165, 1.54) is 20.3 Å². The van der Waals surface area contributed by atoms with Crippen LogP contribution in [0.25, 0.3) is 11.1 Å². The number of hydrogen-bond acceptors (Lipinski definition) is 4. The van der Waals surface area contributed by atoms with Crippen LogP contribution in [0.2, 0.25) is 0 Å². The molecular formula is C22H19FO5. The molecule has 0 unspecified atom stereocenters. The van der Waals surface area contributed by atoms with Crippen LogP contribution in [0.15, 0.2) is 60.7 Å². The van der Waals surface area contributed by atoms with Crippen LogP contribution >= 0.6 is 0 Å². The van der Waals surface area contributed by atoms with Gasteiger partial charge in [0.1, 0.15) is 17.2 Å². The van der Waals surface area contributed by atoms with Crippen molar-refractivity contribution in [3.8, 4) is 34.1 Å². The Morgan fingerprint density at radius 3 is 2.32 bits per heavy atom. The molecule has 3 rings (SSSR count). The fraction of sp³-hybridized carbons (Fsp3) is 0.136. The highest BCUT2D eigenvalue weighted by atomic mass is 19.1. The van der Waals surface area contributed by atoms with E-state index in [2.05, 4.69) is 0 Å². The van der Waals surface area contributed by atoms with Crippen LogP contribution in [0.3, 0.4) is 0 Å². The van der Waals surface area contributed by atoms with E-state index < -0.39 is 11.8 Å². The van der Waals surface area contributed by atoms with E-state index in [1.54, 1.807) is 48.5 Å². The Labute approximate surface area is 161 Å². The maximum Gasteiger partial charge on any atom is 0.307 e. The summed E-state index contributed by atoms with van der Waals surface area (Å²) in [5, 5.41) is 9.01. The number of benzene rings is 3. The molecule has 0 aromatic heterocycles. The fourth-order valence-electron chi connectivity index (χ4n) is 2.81. The second-order valence-corrected chi connectivity index (χ2v) is 6.07.